The zero-order valence-corrected chi connectivity index (χ0v) is 20.9. The van der Waals surface area contributed by atoms with Crippen LogP contribution in [0.4, 0.5) is 11.4 Å². The third-order valence-corrected chi connectivity index (χ3v) is 8.63. The lowest BCUT2D eigenvalue weighted by Gasteiger charge is -2.33. The van der Waals surface area contributed by atoms with Gasteiger partial charge in [0.2, 0.25) is 21.8 Å². The molecule has 8 nitrogen and oxygen atoms in total. The number of amides is 3. The van der Waals surface area contributed by atoms with Crippen molar-refractivity contribution in [2.24, 2.45) is 0 Å². The Bertz CT molecular complexity index is 1200. The van der Waals surface area contributed by atoms with Crippen molar-refractivity contribution in [1.82, 2.24) is 4.31 Å². The molecule has 0 bridgehead atoms. The van der Waals surface area contributed by atoms with E-state index in [-0.39, 0.29) is 23.3 Å². The predicted octanol–water partition coefficient (Wildman–Crippen LogP) is 4.00. The van der Waals surface area contributed by atoms with Gasteiger partial charge in [-0.25, -0.2) is 13.3 Å². The first-order valence-electron chi connectivity index (χ1n) is 12.0. The van der Waals surface area contributed by atoms with Crippen molar-refractivity contribution in [2.45, 2.75) is 75.8 Å². The number of imide groups is 1. The molecule has 1 aliphatic carbocycles. The van der Waals surface area contributed by atoms with Crippen LogP contribution in [-0.4, -0.2) is 42.5 Å². The Hall–Kier alpha value is -3.04. The average molecular weight is 498 g/mol. The van der Waals surface area contributed by atoms with Gasteiger partial charge in [-0.2, -0.15) is 4.31 Å². The molecule has 1 saturated carbocycles. The summed E-state index contributed by atoms with van der Waals surface area (Å²) in [5.41, 5.74) is 1.83. The van der Waals surface area contributed by atoms with Crippen molar-refractivity contribution >= 4 is 39.1 Å². The van der Waals surface area contributed by atoms with E-state index < -0.39 is 27.9 Å². The van der Waals surface area contributed by atoms with E-state index in [1.54, 1.807) is 48.5 Å². The van der Waals surface area contributed by atoms with Gasteiger partial charge < -0.3 is 5.32 Å². The Morgan fingerprint density at radius 1 is 0.943 bits per heavy atom. The highest BCUT2D eigenvalue weighted by Crippen LogP contribution is 2.35. The highest BCUT2D eigenvalue weighted by Gasteiger charge is 2.49. The molecule has 3 amide bonds. The van der Waals surface area contributed by atoms with Crippen molar-refractivity contribution in [1.29, 1.82) is 0 Å². The van der Waals surface area contributed by atoms with Crippen molar-refractivity contribution in [3.05, 3.63) is 54.1 Å². The van der Waals surface area contributed by atoms with E-state index in [4.69, 9.17) is 0 Å². The number of anilines is 2. The maximum absolute atomic E-state index is 13.9. The van der Waals surface area contributed by atoms with Gasteiger partial charge in [0, 0.05) is 18.7 Å². The van der Waals surface area contributed by atoms with E-state index in [0.29, 0.717) is 24.2 Å². The van der Waals surface area contributed by atoms with Gasteiger partial charge in [-0.05, 0) is 56.2 Å². The topological polar surface area (TPSA) is 104 Å². The summed E-state index contributed by atoms with van der Waals surface area (Å²) in [7, 11) is -4.01. The summed E-state index contributed by atoms with van der Waals surface area (Å²) in [6.45, 7) is 3.27. The minimum absolute atomic E-state index is 0.130. The lowest BCUT2D eigenvalue weighted by molar-refractivity contribution is -0.122. The van der Waals surface area contributed by atoms with Gasteiger partial charge in [0.15, 0.2) is 0 Å². The van der Waals surface area contributed by atoms with Crippen LogP contribution in [0.15, 0.2) is 53.4 Å². The Morgan fingerprint density at radius 2 is 1.54 bits per heavy atom. The van der Waals surface area contributed by atoms with Crippen LogP contribution in [0.2, 0.25) is 0 Å². The van der Waals surface area contributed by atoms with Crippen LogP contribution in [-0.2, 0) is 24.4 Å². The number of nitrogens with zero attached hydrogens (tertiary/aromatic N) is 2. The summed E-state index contributed by atoms with van der Waals surface area (Å²) in [6.07, 6.45) is 4.94. The van der Waals surface area contributed by atoms with Crippen LogP contribution in [0.25, 0.3) is 0 Å². The van der Waals surface area contributed by atoms with E-state index >= 15 is 0 Å². The minimum atomic E-state index is -4.01. The second-order valence-electron chi connectivity index (χ2n) is 9.31. The summed E-state index contributed by atoms with van der Waals surface area (Å²) in [5.74, 6) is -1.21. The van der Waals surface area contributed by atoms with E-state index in [0.717, 1.165) is 36.1 Å². The van der Waals surface area contributed by atoms with Gasteiger partial charge in [-0.3, -0.25) is 14.4 Å². The summed E-state index contributed by atoms with van der Waals surface area (Å²) < 4.78 is 29.1. The minimum Gasteiger partial charge on any atom is -0.326 e. The number of benzene rings is 2. The zero-order chi connectivity index (χ0) is 25.2. The molecule has 2 aliphatic rings. The van der Waals surface area contributed by atoms with Gasteiger partial charge in [0.1, 0.15) is 6.04 Å². The number of rotatable bonds is 6. The molecule has 0 spiro atoms. The molecule has 9 heteroatoms. The third-order valence-electron chi connectivity index (χ3n) is 6.66. The molecule has 4 rings (SSSR count). The van der Waals surface area contributed by atoms with Crippen molar-refractivity contribution in [3.63, 3.8) is 0 Å². The number of hydrogen-bond acceptors (Lipinski definition) is 5. The van der Waals surface area contributed by atoms with Crippen molar-refractivity contribution in [3.8, 4) is 0 Å². The molecule has 2 fully saturated rings. The molecule has 2 aromatic carbocycles. The first-order chi connectivity index (χ1) is 16.7. The molecule has 35 heavy (non-hydrogen) atoms. The highest BCUT2D eigenvalue weighted by molar-refractivity contribution is 7.89. The predicted molar refractivity (Wildman–Crippen MR) is 133 cm³/mol. The fourth-order valence-electron chi connectivity index (χ4n) is 4.95. The Labute approximate surface area is 206 Å². The number of nitrogens with one attached hydrogen (secondary N) is 1. The normalized spacial score (nSPS) is 19.7. The largest absolute Gasteiger partial charge is 0.326 e. The summed E-state index contributed by atoms with van der Waals surface area (Å²) >= 11 is 0. The molecule has 0 aromatic heterocycles. The van der Waals surface area contributed by atoms with E-state index in [1.165, 1.54) is 11.2 Å². The number of hydrogen-bond donors (Lipinski definition) is 1. The monoisotopic (exact) mass is 497 g/mol. The van der Waals surface area contributed by atoms with Crippen molar-refractivity contribution in [2.75, 3.05) is 10.2 Å². The second-order valence-corrected chi connectivity index (χ2v) is 11.2. The van der Waals surface area contributed by atoms with E-state index in [9.17, 15) is 22.8 Å². The van der Waals surface area contributed by atoms with Gasteiger partial charge in [0.05, 0.1) is 17.0 Å². The number of aryl methyl sites for hydroxylation is 1. The maximum Gasteiger partial charge on any atom is 0.252 e. The van der Waals surface area contributed by atoms with Gasteiger partial charge in [-0.1, -0.05) is 43.4 Å². The molecular weight excluding hydrogens is 466 g/mol. The first kappa shape index (κ1) is 25.1. The quantitative estimate of drug-likeness (QED) is 0.480. The van der Waals surface area contributed by atoms with Crippen LogP contribution in [0.1, 0.15) is 57.4 Å². The van der Waals surface area contributed by atoms with Gasteiger partial charge in [0.25, 0.3) is 5.91 Å². The molecular formula is C26H31N3O5S. The highest BCUT2D eigenvalue weighted by atomic mass is 32.2. The summed E-state index contributed by atoms with van der Waals surface area (Å²) in [4.78, 5) is 39.1. The molecule has 1 N–H and O–H groups in total. The maximum atomic E-state index is 13.9. The molecule has 1 aliphatic heterocycles. The SMILES string of the molecule is CC(=O)Nc1ccc(N2C(=O)CC(N(C3CCCCCC3)S(=O)(=O)c3ccc(C)cc3)C2=O)cc1. The number of carbonyl (C=O) groups excluding carboxylic acids is 3. The zero-order valence-electron chi connectivity index (χ0n) is 20.1. The molecule has 2 aromatic rings. The molecule has 186 valence electrons. The average Bonchev–Trinajstić information content (AvgIpc) is 2.97. The third kappa shape index (κ3) is 5.31. The lowest BCUT2D eigenvalue weighted by atomic mass is 10.1. The first-order valence-corrected chi connectivity index (χ1v) is 13.5. The van der Waals surface area contributed by atoms with Crippen LogP contribution in [0, 0.1) is 6.92 Å². The van der Waals surface area contributed by atoms with Crippen LogP contribution < -0.4 is 10.2 Å². The van der Waals surface area contributed by atoms with Gasteiger partial charge >= 0.3 is 0 Å². The fraction of sp³-hybridized carbons (Fsp3) is 0.423. The second kappa shape index (κ2) is 10.3. The summed E-state index contributed by atoms with van der Waals surface area (Å²) in [5, 5.41) is 2.65. The molecule has 0 radical (unpaired) electrons. The molecule has 1 atom stereocenters. The molecule has 1 saturated heterocycles. The van der Waals surface area contributed by atoms with E-state index in [1.807, 2.05) is 6.92 Å². The number of sulfonamides is 1. The standard InChI is InChI=1S/C26H31N3O5S/c1-18-9-15-23(16-10-18)35(33,34)29(22-7-5-3-4-6-8-22)24-17-25(31)28(26(24)32)21-13-11-20(12-14-21)27-19(2)30/h9-16,22,24H,3-8,17H2,1-2H3,(H,27,30). The number of carbonyl (C=O) groups is 3. The Balaban J connectivity index is 1.69. The smallest absolute Gasteiger partial charge is 0.252 e. The summed E-state index contributed by atoms with van der Waals surface area (Å²) in [6, 6.07) is 11.5. The van der Waals surface area contributed by atoms with Crippen LogP contribution >= 0.6 is 0 Å². The Morgan fingerprint density at radius 3 is 2.11 bits per heavy atom. The van der Waals surface area contributed by atoms with Gasteiger partial charge in [-0.15, -0.1) is 0 Å². The molecule has 1 heterocycles. The lowest BCUT2D eigenvalue weighted by Crippen LogP contribution is -2.50. The Kier molecular flexibility index (Phi) is 7.37. The molecule has 1 unspecified atom stereocenters. The van der Waals surface area contributed by atoms with Crippen LogP contribution in [0.3, 0.4) is 0 Å². The fourth-order valence-corrected chi connectivity index (χ4v) is 6.77. The van der Waals surface area contributed by atoms with Crippen LogP contribution in [0.5, 0.6) is 0 Å². The van der Waals surface area contributed by atoms with E-state index in [2.05, 4.69) is 5.32 Å². The van der Waals surface area contributed by atoms with Crippen molar-refractivity contribution < 1.29 is 22.8 Å².